The number of hydrogen-bond acceptors (Lipinski definition) is 4. The molecule has 1 atom stereocenters. The van der Waals surface area contributed by atoms with Crippen molar-refractivity contribution < 1.29 is 13.2 Å². The molecule has 21 heavy (non-hydrogen) atoms. The van der Waals surface area contributed by atoms with Gasteiger partial charge in [0.05, 0.1) is 17.0 Å². The van der Waals surface area contributed by atoms with Gasteiger partial charge in [0, 0.05) is 19.2 Å². The maximum atomic E-state index is 12.4. The van der Waals surface area contributed by atoms with Crippen LogP contribution in [0.15, 0.2) is 29.2 Å². The van der Waals surface area contributed by atoms with Gasteiger partial charge in [0.2, 0.25) is 10.0 Å². The molecule has 1 aliphatic heterocycles. The average Bonchev–Trinajstić information content (AvgIpc) is 2.82. The van der Waals surface area contributed by atoms with Crippen molar-refractivity contribution in [3.05, 3.63) is 29.8 Å². The lowest BCUT2D eigenvalue weighted by molar-refractivity contribution is 0.178. The third-order valence-corrected chi connectivity index (χ3v) is 5.20. The summed E-state index contributed by atoms with van der Waals surface area (Å²) in [6, 6.07) is 7.39. The van der Waals surface area contributed by atoms with Crippen LogP contribution in [0.2, 0.25) is 0 Å². The number of benzene rings is 1. The van der Waals surface area contributed by atoms with Crippen molar-refractivity contribution in [3.8, 4) is 0 Å². The molecular weight excluding hydrogens is 288 g/mol. The van der Waals surface area contributed by atoms with E-state index in [9.17, 15) is 8.42 Å². The van der Waals surface area contributed by atoms with Gasteiger partial charge in [-0.2, -0.15) is 0 Å². The summed E-state index contributed by atoms with van der Waals surface area (Å²) in [5.74, 6) is 0. The first-order valence-corrected chi connectivity index (χ1v) is 8.73. The van der Waals surface area contributed by atoms with Gasteiger partial charge in [-0.05, 0) is 31.0 Å². The molecule has 1 aromatic rings. The summed E-state index contributed by atoms with van der Waals surface area (Å²) in [7, 11) is -3.50. The van der Waals surface area contributed by atoms with Crippen LogP contribution in [-0.2, 0) is 21.3 Å². The van der Waals surface area contributed by atoms with Crippen molar-refractivity contribution in [3.63, 3.8) is 0 Å². The van der Waals surface area contributed by atoms with Gasteiger partial charge in [0.1, 0.15) is 0 Å². The Morgan fingerprint density at radius 1 is 1.29 bits per heavy atom. The number of rotatable bonds is 6. The third-order valence-electron chi connectivity index (χ3n) is 3.55. The molecule has 0 radical (unpaired) electrons. The minimum absolute atomic E-state index is 0.295. The zero-order valence-corrected chi connectivity index (χ0v) is 13.7. The standard InChI is InChI=1S/C15H24N2O3S/c1-12(2)16-10-13-4-6-14(7-5-13)21(18,19)17-15(3)8-9-20-11-15/h4-7,12,16-17H,8-11H2,1-3H3. The van der Waals surface area contributed by atoms with Crippen molar-refractivity contribution >= 4 is 10.0 Å². The van der Waals surface area contributed by atoms with Crippen molar-refractivity contribution in [1.82, 2.24) is 10.0 Å². The van der Waals surface area contributed by atoms with Gasteiger partial charge in [-0.3, -0.25) is 0 Å². The highest BCUT2D eigenvalue weighted by Crippen LogP contribution is 2.21. The lowest BCUT2D eigenvalue weighted by Gasteiger charge is -2.23. The molecule has 2 N–H and O–H groups in total. The van der Waals surface area contributed by atoms with Crippen LogP contribution in [0.4, 0.5) is 0 Å². The predicted octanol–water partition coefficient (Wildman–Crippen LogP) is 1.64. The Morgan fingerprint density at radius 3 is 2.48 bits per heavy atom. The molecule has 0 amide bonds. The van der Waals surface area contributed by atoms with E-state index in [0.717, 1.165) is 12.1 Å². The summed E-state index contributed by atoms with van der Waals surface area (Å²) >= 11 is 0. The van der Waals surface area contributed by atoms with Crippen LogP contribution in [0.1, 0.15) is 32.8 Å². The second kappa shape index (κ2) is 6.44. The van der Waals surface area contributed by atoms with E-state index in [1.165, 1.54) is 0 Å². The van der Waals surface area contributed by atoms with E-state index in [4.69, 9.17) is 4.74 Å². The molecule has 1 fully saturated rings. The Balaban J connectivity index is 2.06. The SMILES string of the molecule is CC(C)NCc1ccc(S(=O)(=O)NC2(C)CCOC2)cc1. The fraction of sp³-hybridized carbons (Fsp3) is 0.600. The van der Waals surface area contributed by atoms with E-state index < -0.39 is 15.6 Å². The second-order valence-corrected chi connectivity index (χ2v) is 7.83. The number of nitrogens with one attached hydrogen (secondary N) is 2. The highest BCUT2D eigenvalue weighted by molar-refractivity contribution is 7.89. The summed E-state index contributed by atoms with van der Waals surface area (Å²) in [6.07, 6.45) is 0.697. The first-order valence-electron chi connectivity index (χ1n) is 7.25. The van der Waals surface area contributed by atoms with Gasteiger partial charge in [-0.15, -0.1) is 0 Å². The Kier molecular flexibility index (Phi) is 5.03. The van der Waals surface area contributed by atoms with Crippen molar-refractivity contribution in [2.24, 2.45) is 0 Å². The molecule has 1 saturated heterocycles. The van der Waals surface area contributed by atoms with E-state index in [1.807, 2.05) is 19.1 Å². The third kappa shape index (κ3) is 4.51. The molecule has 5 nitrogen and oxygen atoms in total. The Morgan fingerprint density at radius 2 is 1.95 bits per heavy atom. The van der Waals surface area contributed by atoms with Crippen LogP contribution in [0.3, 0.4) is 0 Å². The van der Waals surface area contributed by atoms with Crippen molar-refractivity contribution in [2.45, 2.75) is 50.2 Å². The monoisotopic (exact) mass is 312 g/mol. The van der Waals surface area contributed by atoms with Crippen LogP contribution < -0.4 is 10.0 Å². The average molecular weight is 312 g/mol. The van der Waals surface area contributed by atoms with Gasteiger partial charge in [-0.1, -0.05) is 26.0 Å². The molecule has 1 heterocycles. The molecule has 1 aliphatic rings. The van der Waals surface area contributed by atoms with Gasteiger partial charge >= 0.3 is 0 Å². The summed E-state index contributed by atoms with van der Waals surface area (Å²) in [4.78, 5) is 0.295. The Hall–Kier alpha value is -0.950. The van der Waals surface area contributed by atoms with Crippen LogP contribution in [0.5, 0.6) is 0 Å². The molecule has 0 aromatic heterocycles. The maximum absolute atomic E-state index is 12.4. The zero-order chi connectivity index (χ0) is 15.5. The Bertz CT molecular complexity index is 561. The smallest absolute Gasteiger partial charge is 0.241 e. The summed E-state index contributed by atoms with van der Waals surface area (Å²) < 4.78 is 32.8. The van der Waals surface area contributed by atoms with Crippen LogP contribution in [-0.4, -0.2) is 33.2 Å². The fourth-order valence-electron chi connectivity index (χ4n) is 2.24. The lowest BCUT2D eigenvalue weighted by Crippen LogP contribution is -2.46. The first kappa shape index (κ1) is 16.4. The molecule has 0 saturated carbocycles. The Labute approximate surface area is 127 Å². The van der Waals surface area contributed by atoms with Crippen LogP contribution >= 0.6 is 0 Å². The van der Waals surface area contributed by atoms with Gasteiger partial charge in [-0.25, -0.2) is 13.1 Å². The quantitative estimate of drug-likeness (QED) is 0.838. The fourth-order valence-corrected chi connectivity index (χ4v) is 3.66. The van der Waals surface area contributed by atoms with Crippen LogP contribution in [0.25, 0.3) is 0 Å². The van der Waals surface area contributed by atoms with Gasteiger partial charge in [0.25, 0.3) is 0 Å². The second-order valence-electron chi connectivity index (χ2n) is 6.15. The zero-order valence-electron chi connectivity index (χ0n) is 12.8. The number of ether oxygens (including phenoxy) is 1. The maximum Gasteiger partial charge on any atom is 0.241 e. The van der Waals surface area contributed by atoms with Gasteiger partial charge < -0.3 is 10.1 Å². The van der Waals surface area contributed by atoms with Crippen molar-refractivity contribution in [1.29, 1.82) is 0 Å². The van der Waals surface area contributed by atoms with Crippen molar-refractivity contribution in [2.75, 3.05) is 13.2 Å². The minimum atomic E-state index is -3.50. The molecule has 118 valence electrons. The lowest BCUT2D eigenvalue weighted by atomic mass is 10.0. The highest BCUT2D eigenvalue weighted by atomic mass is 32.2. The number of hydrogen-bond donors (Lipinski definition) is 2. The van der Waals surface area contributed by atoms with E-state index in [0.29, 0.717) is 30.6 Å². The molecular formula is C15H24N2O3S. The predicted molar refractivity (Wildman–Crippen MR) is 82.6 cm³/mol. The minimum Gasteiger partial charge on any atom is -0.379 e. The summed E-state index contributed by atoms with van der Waals surface area (Å²) in [5, 5.41) is 3.30. The highest BCUT2D eigenvalue weighted by Gasteiger charge is 2.34. The topological polar surface area (TPSA) is 67.4 Å². The van der Waals surface area contributed by atoms with Crippen LogP contribution in [0, 0.1) is 0 Å². The number of sulfonamides is 1. The normalized spacial score (nSPS) is 22.9. The first-order chi connectivity index (χ1) is 9.81. The molecule has 0 spiro atoms. The summed E-state index contributed by atoms with van der Waals surface area (Å²) in [5.41, 5.74) is 0.564. The molecule has 0 bridgehead atoms. The van der Waals surface area contributed by atoms with E-state index >= 15 is 0 Å². The molecule has 1 unspecified atom stereocenters. The molecule has 1 aromatic carbocycles. The van der Waals surface area contributed by atoms with E-state index in [2.05, 4.69) is 23.9 Å². The largest absolute Gasteiger partial charge is 0.379 e. The van der Waals surface area contributed by atoms with E-state index in [-0.39, 0.29) is 0 Å². The molecule has 2 rings (SSSR count). The van der Waals surface area contributed by atoms with E-state index in [1.54, 1.807) is 12.1 Å². The molecule has 6 heteroatoms. The summed E-state index contributed by atoms with van der Waals surface area (Å²) in [6.45, 7) is 7.77. The van der Waals surface area contributed by atoms with Gasteiger partial charge in [0.15, 0.2) is 0 Å². The molecule has 0 aliphatic carbocycles.